The Bertz CT molecular complexity index is 3180. The van der Waals surface area contributed by atoms with Crippen molar-refractivity contribution in [2.75, 3.05) is 4.90 Å². The molecule has 3 heteroatoms. The monoisotopic (exact) mass is 719 g/mol. The summed E-state index contributed by atoms with van der Waals surface area (Å²) in [5.74, 6) is 0. The topological polar surface area (TPSA) is 16.4 Å². The first-order valence-electron chi connectivity index (χ1n) is 18.7. The number of nitrogens with zero attached hydrogens (tertiary/aromatic N) is 1. The molecule has 2 heterocycles. The smallest absolute Gasteiger partial charge is 0.143 e. The lowest BCUT2D eigenvalue weighted by Crippen LogP contribution is -2.10. The molecule has 9 aromatic carbocycles. The maximum atomic E-state index is 6.92. The molecule has 0 aliphatic carbocycles. The fraction of sp³-hybridized carbons (Fsp3) is 0. The van der Waals surface area contributed by atoms with Crippen LogP contribution in [-0.2, 0) is 0 Å². The zero-order valence-corrected chi connectivity index (χ0v) is 30.6. The fourth-order valence-electron chi connectivity index (χ4n) is 8.37. The predicted octanol–water partition coefficient (Wildman–Crippen LogP) is 15.6. The predicted molar refractivity (Wildman–Crippen MR) is 235 cm³/mol. The molecule has 2 nitrogen and oxygen atoms in total. The van der Waals surface area contributed by atoms with Gasteiger partial charge in [0.2, 0.25) is 0 Å². The highest BCUT2D eigenvalue weighted by Crippen LogP contribution is 2.50. The highest BCUT2D eigenvalue weighted by molar-refractivity contribution is 7.26. The zero-order valence-electron chi connectivity index (χ0n) is 29.8. The lowest BCUT2D eigenvalue weighted by molar-refractivity contribution is 0.673. The molecule has 0 saturated carbocycles. The Morgan fingerprint density at radius 1 is 0.400 bits per heavy atom. The minimum absolute atomic E-state index is 0.876. The van der Waals surface area contributed by atoms with Crippen molar-refractivity contribution in [3.8, 4) is 33.4 Å². The Kier molecular flexibility index (Phi) is 7.39. The normalized spacial score (nSPS) is 11.6. The quantitative estimate of drug-likeness (QED) is 0.170. The van der Waals surface area contributed by atoms with Crippen LogP contribution in [0.15, 0.2) is 205 Å². The average Bonchev–Trinajstić information content (AvgIpc) is 3.84. The molecule has 0 N–H and O–H groups in total. The second-order valence-electron chi connectivity index (χ2n) is 14.0. The summed E-state index contributed by atoms with van der Waals surface area (Å²) in [5.41, 5.74) is 12.2. The molecule has 0 spiro atoms. The summed E-state index contributed by atoms with van der Waals surface area (Å²) in [6.07, 6.45) is 0. The lowest BCUT2D eigenvalue weighted by atomic mass is 9.90. The molecular weight excluding hydrogens is 687 g/mol. The molecule has 0 fully saturated rings. The van der Waals surface area contributed by atoms with Crippen LogP contribution >= 0.6 is 11.3 Å². The largest absolute Gasteiger partial charge is 0.455 e. The van der Waals surface area contributed by atoms with E-state index in [1.165, 1.54) is 48.0 Å². The van der Waals surface area contributed by atoms with Crippen molar-refractivity contribution in [3.63, 3.8) is 0 Å². The summed E-state index contributed by atoms with van der Waals surface area (Å²) in [4.78, 5) is 2.47. The van der Waals surface area contributed by atoms with E-state index in [4.69, 9.17) is 4.42 Å². The van der Waals surface area contributed by atoms with E-state index in [0.29, 0.717) is 0 Å². The van der Waals surface area contributed by atoms with E-state index in [2.05, 4.69) is 205 Å². The second kappa shape index (κ2) is 12.9. The number of hydrogen-bond acceptors (Lipinski definition) is 3. The molecule has 0 amide bonds. The number of thiophene rings is 1. The van der Waals surface area contributed by atoms with E-state index in [-0.39, 0.29) is 0 Å². The average molecular weight is 720 g/mol. The number of benzene rings is 9. The third-order valence-electron chi connectivity index (χ3n) is 10.9. The van der Waals surface area contributed by atoms with Gasteiger partial charge in [-0.3, -0.25) is 0 Å². The van der Waals surface area contributed by atoms with E-state index in [9.17, 15) is 0 Å². The van der Waals surface area contributed by atoms with Gasteiger partial charge in [0.25, 0.3) is 0 Å². The van der Waals surface area contributed by atoms with Crippen molar-refractivity contribution in [1.29, 1.82) is 0 Å². The standard InChI is InChI=1S/C52H33NOS/c1-4-15-34(16-5-1)35-27-29-38(30-28-35)53(45-25-14-24-43-41-22-12-13-26-48(41)55-52(43)45)46-33-44-50-47(54-51(44)42-23-11-10-21-40(42)46)32-31-39(36-17-6-2-7-18-36)49(50)37-19-8-3-9-20-37/h1-33H. The lowest BCUT2D eigenvalue weighted by Gasteiger charge is -2.28. The van der Waals surface area contributed by atoms with Crippen LogP contribution in [0.3, 0.4) is 0 Å². The highest BCUT2D eigenvalue weighted by atomic mass is 32.1. The van der Waals surface area contributed by atoms with Crippen LogP contribution in [0.1, 0.15) is 0 Å². The van der Waals surface area contributed by atoms with E-state index >= 15 is 0 Å². The minimum Gasteiger partial charge on any atom is -0.455 e. The van der Waals surface area contributed by atoms with Crippen LogP contribution in [0.5, 0.6) is 0 Å². The molecule has 0 atom stereocenters. The van der Waals surface area contributed by atoms with Crippen LogP contribution in [0, 0.1) is 0 Å². The van der Waals surface area contributed by atoms with Gasteiger partial charge >= 0.3 is 0 Å². The third-order valence-corrected chi connectivity index (χ3v) is 12.1. The number of anilines is 3. The SMILES string of the molecule is c1ccc(-c2ccc(N(c3cc4c(oc5ccc(-c6ccccc6)c(-c6ccccc6)c54)c4ccccc34)c3cccc4c3sc3ccccc34)cc2)cc1. The Morgan fingerprint density at radius 3 is 1.75 bits per heavy atom. The third kappa shape index (κ3) is 5.16. The first-order valence-corrected chi connectivity index (χ1v) is 19.5. The molecular formula is C52H33NOS. The maximum Gasteiger partial charge on any atom is 0.143 e. The van der Waals surface area contributed by atoms with Gasteiger partial charge in [-0.2, -0.15) is 0 Å². The van der Waals surface area contributed by atoms with Crippen LogP contribution in [0.25, 0.3) is 86.3 Å². The molecule has 2 aromatic heterocycles. The van der Waals surface area contributed by atoms with Gasteiger partial charge in [-0.25, -0.2) is 0 Å². The molecule has 0 unspecified atom stereocenters. The number of furan rings is 1. The maximum absolute atomic E-state index is 6.92. The van der Waals surface area contributed by atoms with E-state index in [1.54, 1.807) is 0 Å². The molecule has 0 aliphatic rings. The molecule has 55 heavy (non-hydrogen) atoms. The van der Waals surface area contributed by atoms with Gasteiger partial charge in [-0.15, -0.1) is 11.3 Å². The van der Waals surface area contributed by atoms with E-state index < -0.39 is 0 Å². The molecule has 11 rings (SSSR count). The summed E-state index contributed by atoms with van der Waals surface area (Å²) >= 11 is 1.86. The zero-order chi connectivity index (χ0) is 36.3. The second-order valence-corrected chi connectivity index (χ2v) is 15.1. The van der Waals surface area contributed by atoms with Gasteiger partial charge in [0.1, 0.15) is 11.2 Å². The van der Waals surface area contributed by atoms with Gasteiger partial charge < -0.3 is 9.32 Å². The molecule has 11 aromatic rings. The Morgan fingerprint density at radius 2 is 1.00 bits per heavy atom. The molecule has 0 bridgehead atoms. The van der Waals surface area contributed by atoms with Crippen molar-refractivity contribution in [2.45, 2.75) is 0 Å². The molecule has 0 radical (unpaired) electrons. The van der Waals surface area contributed by atoms with Gasteiger partial charge in [0.05, 0.1) is 16.1 Å². The van der Waals surface area contributed by atoms with Gasteiger partial charge in [-0.05, 0) is 64.2 Å². The van der Waals surface area contributed by atoms with Gasteiger partial charge in [-0.1, -0.05) is 164 Å². The van der Waals surface area contributed by atoms with Crippen molar-refractivity contribution >= 4 is 81.3 Å². The Labute approximate surface area is 322 Å². The van der Waals surface area contributed by atoms with E-state index in [0.717, 1.165) is 55.3 Å². The van der Waals surface area contributed by atoms with Crippen molar-refractivity contribution < 1.29 is 4.42 Å². The number of hydrogen-bond donors (Lipinski definition) is 0. The van der Waals surface area contributed by atoms with Crippen molar-refractivity contribution in [2.24, 2.45) is 0 Å². The summed E-state index contributed by atoms with van der Waals surface area (Å²) in [6, 6.07) is 72.0. The molecule has 0 aliphatic heterocycles. The highest BCUT2D eigenvalue weighted by Gasteiger charge is 2.25. The number of rotatable bonds is 6. The Hall–Kier alpha value is -6.94. The first-order chi connectivity index (χ1) is 27.3. The van der Waals surface area contributed by atoms with Crippen LogP contribution < -0.4 is 4.90 Å². The first kappa shape index (κ1) is 31.6. The molecule has 258 valence electrons. The van der Waals surface area contributed by atoms with Crippen LogP contribution in [0.4, 0.5) is 17.1 Å². The minimum atomic E-state index is 0.876. The van der Waals surface area contributed by atoms with Crippen molar-refractivity contribution in [1.82, 2.24) is 0 Å². The van der Waals surface area contributed by atoms with Crippen molar-refractivity contribution in [3.05, 3.63) is 200 Å². The summed E-state index contributed by atoms with van der Waals surface area (Å²) in [6.45, 7) is 0. The number of fused-ring (bicyclic) bond motifs is 8. The van der Waals surface area contributed by atoms with Gasteiger partial charge in [0.15, 0.2) is 0 Å². The fourth-order valence-corrected chi connectivity index (χ4v) is 9.58. The summed E-state index contributed by atoms with van der Waals surface area (Å²) < 4.78 is 9.46. The Balaban J connectivity index is 1.25. The van der Waals surface area contributed by atoms with Crippen LogP contribution in [-0.4, -0.2) is 0 Å². The van der Waals surface area contributed by atoms with Crippen LogP contribution in [0.2, 0.25) is 0 Å². The summed E-state index contributed by atoms with van der Waals surface area (Å²) in [7, 11) is 0. The molecule has 0 saturated heterocycles. The van der Waals surface area contributed by atoms with E-state index in [1.807, 2.05) is 11.3 Å². The van der Waals surface area contributed by atoms with Gasteiger partial charge in [0, 0.05) is 48.3 Å². The summed E-state index contributed by atoms with van der Waals surface area (Å²) in [5, 5.41) is 6.97.